The first-order valence-corrected chi connectivity index (χ1v) is 7.78. The topological polar surface area (TPSA) is 44.1 Å². The van der Waals surface area contributed by atoms with Gasteiger partial charge in [0.2, 0.25) is 0 Å². The van der Waals surface area contributed by atoms with Crippen LogP contribution in [0, 0.1) is 0 Å². The van der Waals surface area contributed by atoms with Gasteiger partial charge in [-0.05, 0) is 31.2 Å². The van der Waals surface area contributed by atoms with E-state index in [1.807, 2.05) is 19.1 Å². The molecule has 114 valence electrons. The fourth-order valence-corrected chi connectivity index (χ4v) is 2.68. The van der Waals surface area contributed by atoms with Crippen LogP contribution >= 0.6 is 11.6 Å². The maximum Gasteiger partial charge on any atom is 0.266 e. The lowest BCUT2D eigenvalue weighted by molar-refractivity contribution is 0.339. The molecule has 0 spiro atoms. The van der Waals surface area contributed by atoms with Gasteiger partial charge in [0.15, 0.2) is 0 Å². The molecule has 6 heteroatoms. The third-order valence-corrected chi connectivity index (χ3v) is 3.73. The summed E-state index contributed by atoms with van der Waals surface area (Å²) in [7, 11) is 5.83. The van der Waals surface area contributed by atoms with E-state index in [2.05, 4.69) is 4.98 Å². The molecule has 2 radical (unpaired) electrons. The Labute approximate surface area is 140 Å². The molecule has 0 aliphatic rings. The van der Waals surface area contributed by atoms with Crippen molar-refractivity contribution in [3.8, 4) is 11.4 Å². The Balaban J connectivity index is 2.36. The minimum Gasteiger partial charge on any atom is -0.492 e. The van der Waals surface area contributed by atoms with E-state index in [4.69, 9.17) is 24.2 Å². The average molecular weight is 325 g/mol. The highest BCUT2D eigenvalue weighted by Crippen LogP contribution is 2.23. The van der Waals surface area contributed by atoms with Gasteiger partial charge < -0.3 is 4.74 Å². The number of halogens is 1. The number of rotatable bonds is 4. The minimum absolute atomic E-state index is 0.107. The minimum atomic E-state index is -0.183. The summed E-state index contributed by atoms with van der Waals surface area (Å²) < 4.78 is 7.11. The van der Waals surface area contributed by atoms with Crippen molar-refractivity contribution >= 4 is 35.8 Å². The predicted octanol–water partition coefficient (Wildman–Crippen LogP) is 2.32. The Hall–Kier alpha value is -2.27. The monoisotopic (exact) mass is 324 g/mol. The van der Waals surface area contributed by atoms with E-state index in [0.29, 0.717) is 40.2 Å². The lowest BCUT2D eigenvalue weighted by atomic mass is 9.96. The third-order valence-electron chi connectivity index (χ3n) is 3.49. The summed E-state index contributed by atoms with van der Waals surface area (Å²) in [5.41, 5.74) is 1.58. The Kier molecular flexibility index (Phi) is 4.39. The van der Waals surface area contributed by atoms with Gasteiger partial charge in [0.1, 0.15) is 19.4 Å². The summed E-state index contributed by atoms with van der Waals surface area (Å²) in [4.78, 5) is 17.4. The first-order valence-electron chi connectivity index (χ1n) is 7.25. The standard InChI is InChI=1S/C17H14BClN2O2/c1-2-23-15-9-11(18)7-8-14(15)21-16(10-19)20-13-6-4-3-5-12(13)17(21)22/h3-9H,2,10H2,1H3. The Bertz CT molecular complexity index is 924. The quantitative estimate of drug-likeness (QED) is 0.546. The average Bonchev–Trinajstić information content (AvgIpc) is 2.56. The van der Waals surface area contributed by atoms with Crippen molar-refractivity contribution in [3.63, 3.8) is 0 Å². The zero-order valence-electron chi connectivity index (χ0n) is 12.6. The molecule has 0 saturated heterocycles. The van der Waals surface area contributed by atoms with Crippen molar-refractivity contribution in [1.82, 2.24) is 9.55 Å². The molecule has 0 saturated carbocycles. The normalized spacial score (nSPS) is 10.9. The molecule has 23 heavy (non-hydrogen) atoms. The highest BCUT2D eigenvalue weighted by molar-refractivity contribution is 6.32. The Morgan fingerprint density at radius 2 is 2.04 bits per heavy atom. The summed E-state index contributed by atoms with van der Waals surface area (Å²) >= 11 is 6.03. The highest BCUT2D eigenvalue weighted by Gasteiger charge is 2.15. The van der Waals surface area contributed by atoms with E-state index >= 15 is 0 Å². The zero-order valence-corrected chi connectivity index (χ0v) is 13.4. The smallest absolute Gasteiger partial charge is 0.266 e. The van der Waals surface area contributed by atoms with Gasteiger partial charge in [-0.3, -0.25) is 9.36 Å². The van der Waals surface area contributed by atoms with E-state index in [1.165, 1.54) is 4.57 Å². The van der Waals surface area contributed by atoms with Gasteiger partial charge in [-0.25, -0.2) is 4.98 Å². The number of nitrogens with zero attached hydrogens (tertiary/aromatic N) is 2. The summed E-state index contributed by atoms with van der Waals surface area (Å²) in [5, 5.41) is 0.528. The lowest BCUT2D eigenvalue weighted by Gasteiger charge is -2.16. The van der Waals surface area contributed by atoms with Crippen molar-refractivity contribution in [1.29, 1.82) is 0 Å². The Morgan fingerprint density at radius 1 is 1.26 bits per heavy atom. The highest BCUT2D eigenvalue weighted by atomic mass is 35.5. The lowest BCUT2D eigenvalue weighted by Crippen LogP contribution is -2.24. The molecule has 1 heterocycles. The largest absolute Gasteiger partial charge is 0.492 e. The van der Waals surface area contributed by atoms with Crippen LogP contribution in [0.2, 0.25) is 0 Å². The molecule has 0 aliphatic heterocycles. The molecule has 0 unspecified atom stereocenters. The van der Waals surface area contributed by atoms with Crippen LogP contribution in [0.4, 0.5) is 0 Å². The number of para-hydroxylation sites is 1. The molecule has 0 fully saturated rings. The van der Waals surface area contributed by atoms with Crippen LogP contribution in [0.5, 0.6) is 5.75 Å². The van der Waals surface area contributed by atoms with E-state index < -0.39 is 0 Å². The van der Waals surface area contributed by atoms with E-state index in [1.54, 1.807) is 30.3 Å². The van der Waals surface area contributed by atoms with Gasteiger partial charge in [-0.1, -0.05) is 23.7 Å². The number of hydrogen-bond acceptors (Lipinski definition) is 3. The molecular formula is C17H14BClN2O2. The van der Waals surface area contributed by atoms with Crippen LogP contribution in [-0.4, -0.2) is 24.0 Å². The molecule has 4 nitrogen and oxygen atoms in total. The molecule has 0 aliphatic carbocycles. The van der Waals surface area contributed by atoms with Gasteiger partial charge in [-0.2, -0.15) is 0 Å². The molecule has 1 aromatic heterocycles. The first-order chi connectivity index (χ1) is 11.2. The maximum atomic E-state index is 12.9. The third kappa shape index (κ3) is 2.84. The van der Waals surface area contributed by atoms with Gasteiger partial charge in [0.25, 0.3) is 5.56 Å². The van der Waals surface area contributed by atoms with Crippen LogP contribution in [0.3, 0.4) is 0 Å². The number of fused-ring (bicyclic) bond motifs is 1. The van der Waals surface area contributed by atoms with E-state index in [0.717, 1.165) is 0 Å². The van der Waals surface area contributed by atoms with Crippen molar-refractivity contribution in [3.05, 3.63) is 58.6 Å². The summed E-state index contributed by atoms with van der Waals surface area (Å²) in [6.45, 7) is 2.33. The zero-order chi connectivity index (χ0) is 16.4. The molecule has 3 aromatic rings. The van der Waals surface area contributed by atoms with Crippen molar-refractivity contribution in [2.75, 3.05) is 6.61 Å². The second kappa shape index (κ2) is 6.46. The van der Waals surface area contributed by atoms with E-state index in [-0.39, 0.29) is 11.4 Å². The fourth-order valence-electron chi connectivity index (χ4n) is 2.50. The van der Waals surface area contributed by atoms with Crippen molar-refractivity contribution in [2.45, 2.75) is 12.8 Å². The molecule has 0 atom stereocenters. The van der Waals surface area contributed by atoms with Gasteiger partial charge in [0.05, 0.1) is 29.1 Å². The predicted molar refractivity (Wildman–Crippen MR) is 93.5 cm³/mol. The number of hydrogen-bond donors (Lipinski definition) is 0. The van der Waals surface area contributed by atoms with Crippen LogP contribution in [0.1, 0.15) is 12.7 Å². The molecule has 0 N–H and O–H groups in total. The van der Waals surface area contributed by atoms with Crippen LogP contribution in [-0.2, 0) is 5.88 Å². The second-order valence-electron chi connectivity index (χ2n) is 4.98. The second-order valence-corrected chi connectivity index (χ2v) is 5.25. The number of ether oxygens (including phenoxy) is 1. The van der Waals surface area contributed by atoms with Crippen LogP contribution in [0.25, 0.3) is 16.6 Å². The van der Waals surface area contributed by atoms with Gasteiger partial charge >= 0.3 is 0 Å². The van der Waals surface area contributed by atoms with Crippen LogP contribution in [0.15, 0.2) is 47.3 Å². The summed E-state index contributed by atoms with van der Waals surface area (Å²) in [5.74, 6) is 1.09. The number of aromatic nitrogens is 2. The van der Waals surface area contributed by atoms with Crippen molar-refractivity contribution in [2.24, 2.45) is 0 Å². The van der Waals surface area contributed by atoms with Crippen LogP contribution < -0.4 is 15.8 Å². The molecule has 2 aromatic carbocycles. The van der Waals surface area contributed by atoms with Gasteiger partial charge in [0, 0.05) is 0 Å². The van der Waals surface area contributed by atoms with E-state index in [9.17, 15) is 4.79 Å². The fraction of sp³-hybridized carbons (Fsp3) is 0.176. The Morgan fingerprint density at radius 3 is 2.78 bits per heavy atom. The number of alkyl halides is 1. The maximum absolute atomic E-state index is 12.9. The number of benzene rings is 2. The molecule has 0 bridgehead atoms. The summed E-state index contributed by atoms with van der Waals surface area (Å²) in [6.07, 6.45) is 0. The first kappa shape index (κ1) is 15.6. The molecular weight excluding hydrogens is 310 g/mol. The van der Waals surface area contributed by atoms with Gasteiger partial charge in [-0.15, -0.1) is 11.6 Å². The van der Waals surface area contributed by atoms with Crippen molar-refractivity contribution < 1.29 is 4.74 Å². The molecule has 3 rings (SSSR count). The summed E-state index contributed by atoms with van der Waals surface area (Å²) in [6, 6.07) is 12.3. The molecule has 0 amide bonds. The SMILES string of the molecule is [B]c1ccc(-n2c(CCl)nc3ccccc3c2=O)c(OCC)c1.